The maximum absolute atomic E-state index is 11.8. The van der Waals surface area contributed by atoms with Gasteiger partial charge in [-0.3, -0.25) is 14.5 Å². The Bertz CT molecular complexity index is 294. The highest BCUT2D eigenvalue weighted by molar-refractivity contribution is 5.96. The summed E-state index contributed by atoms with van der Waals surface area (Å²) in [5.41, 5.74) is 0. The minimum absolute atomic E-state index is 0.00486. The van der Waals surface area contributed by atoms with Crippen molar-refractivity contribution in [1.29, 1.82) is 0 Å². The summed E-state index contributed by atoms with van der Waals surface area (Å²) in [4.78, 5) is 25.3. The molecule has 0 aliphatic heterocycles. The zero-order valence-corrected chi connectivity index (χ0v) is 11.2. The normalized spacial score (nSPS) is 19.0. The highest BCUT2D eigenvalue weighted by Gasteiger charge is 2.30. The maximum Gasteiger partial charge on any atom is 0.313 e. The van der Waals surface area contributed by atoms with Gasteiger partial charge in [0.2, 0.25) is 0 Å². The van der Waals surface area contributed by atoms with Gasteiger partial charge in [-0.2, -0.15) is 0 Å². The molecule has 0 amide bonds. The van der Waals surface area contributed by atoms with E-state index in [-0.39, 0.29) is 18.2 Å². The van der Waals surface area contributed by atoms with Crippen LogP contribution in [0, 0.1) is 11.8 Å². The molecule has 102 valence electrons. The van der Waals surface area contributed by atoms with Gasteiger partial charge in [0.25, 0.3) is 0 Å². The molecule has 2 rings (SSSR count). The summed E-state index contributed by atoms with van der Waals surface area (Å²) in [6, 6.07) is 0. The van der Waals surface area contributed by atoms with Crippen LogP contribution in [0.2, 0.25) is 0 Å². The third-order valence-electron chi connectivity index (χ3n) is 3.47. The standard InChI is InChI=1S/C14H23NO3/c1-2-18-14(17)7-13(16)10-15(8-11-3-4-11)9-12-5-6-12/h11-12H,2-10H2,1H3. The SMILES string of the molecule is CCOC(=O)CC(=O)CN(CC1CC1)CC1CC1. The molecule has 0 radical (unpaired) electrons. The molecule has 2 saturated carbocycles. The first kappa shape index (κ1) is 13.5. The summed E-state index contributed by atoms with van der Waals surface area (Å²) in [5.74, 6) is 1.19. The van der Waals surface area contributed by atoms with Crippen molar-refractivity contribution < 1.29 is 14.3 Å². The van der Waals surface area contributed by atoms with Gasteiger partial charge in [0, 0.05) is 13.1 Å². The third-order valence-corrected chi connectivity index (χ3v) is 3.47. The minimum atomic E-state index is -0.389. The van der Waals surface area contributed by atoms with E-state index in [4.69, 9.17) is 4.74 Å². The quantitative estimate of drug-likeness (QED) is 0.463. The van der Waals surface area contributed by atoms with Crippen LogP contribution in [0.5, 0.6) is 0 Å². The summed E-state index contributed by atoms with van der Waals surface area (Å²) in [6.45, 7) is 4.59. The van der Waals surface area contributed by atoms with Crippen molar-refractivity contribution in [2.45, 2.75) is 39.0 Å². The number of Topliss-reactive ketones (excluding diaryl/α,β-unsaturated/α-hetero) is 1. The van der Waals surface area contributed by atoms with E-state index in [0.29, 0.717) is 13.2 Å². The first-order valence-electron chi connectivity index (χ1n) is 7.07. The summed E-state index contributed by atoms with van der Waals surface area (Å²) < 4.78 is 4.80. The second kappa shape index (κ2) is 6.32. The molecular weight excluding hydrogens is 230 g/mol. The van der Waals surface area contributed by atoms with E-state index in [0.717, 1.165) is 24.9 Å². The number of nitrogens with zero attached hydrogens (tertiary/aromatic N) is 1. The Labute approximate surface area is 109 Å². The van der Waals surface area contributed by atoms with Gasteiger partial charge in [-0.15, -0.1) is 0 Å². The molecule has 4 nitrogen and oxygen atoms in total. The van der Waals surface area contributed by atoms with Crippen LogP contribution in [0.25, 0.3) is 0 Å². The van der Waals surface area contributed by atoms with Crippen molar-refractivity contribution in [3.63, 3.8) is 0 Å². The van der Waals surface area contributed by atoms with Crippen LogP contribution in [-0.2, 0) is 14.3 Å². The summed E-state index contributed by atoms with van der Waals surface area (Å²) in [7, 11) is 0. The second-order valence-corrected chi connectivity index (χ2v) is 5.60. The lowest BCUT2D eigenvalue weighted by atomic mass is 10.2. The molecule has 2 fully saturated rings. The summed E-state index contributed by atoms with van der Waals surface area (Å²) >= 11 is 0. The first-order valence-corrected chi connectivity index (χ1v) is 7.07. The highest BCUT2D eigenvalue weighted by Crippen LogP contribution is 2.33. The molecule has 0 heterocycles. The van der Waals surface area contributed by atoms with Crippen LogP contribution < -0.4 is 0 Å². The zero-order chi connectivity index (χ0) is 13.0. The van der Waals surface area contributed by atoms with Gasteiger partial charge >= 0.3 is 5.97 Å². The topological polar surface area (TPSA) is 46.6 Å². The Morgan fingerprint density at radius 3 is 2.11 bits per heavy atom. The molecule has 0 aromatic rings. The first-order chi connectivity index (χ1) is 8.67. The van der Waals surface area contributed by atoms with E-state index in [9.17, 15) is 9.59 Å². The number of carbonyl (C=O) groups is 2. The van der Waals surface area contributed by atoms with Crippen LogP contribution in [0.1, 0.15) is 39.0 Å². The smallest absolute Gasteiger partial charge is 0.313 e. The lowest BCUT2D eigenvalue weighted by Gasteiger charge is -2.21. The molecule has 2 aliphatic rings. The van der Waals surface area contributed by atoms with E-state index in [1.807, 2.05) is 0 Å². The Morgan fingerprint density at radius 1 is 1.11 bits per heavy atom. The molecule has 0 spiro atoms. The van der Waals surface area contributed by atoms with Gasteiger partial charge < -0.3 is 4.74 Å². The predicted octanol–water partition coefficient (Wildman–Crippen LogP) is 1.63. The van der Waals surface area contributed by atoms with E-state index in [1.165, 1.54) is 25.7 Å². The van der Waals surface area contributed by atoms with Gasteiger partial charge in [0.15, 0.2) is 5.78 Å². The van der Waals surface area contributed by atoms with Crippen molar-refractivity contribution in [2.24, 2.45) is 11.8 Å². The minimum Gasteiger partial charge on any atom is -0.466 e. The molecule has 4 heteroatoms. The molecule has 0 unspecified atom stereocenters. The van der Waals surface area contributed by atoms with Gasteiger partial charge in [0.05, 0.1) is 13.2 Å². The Kier molecular flexibility index (Phi) is 4.75. The average Bonchev–Trinajstić information content (AvgIpc) is 3.13. The van der Waals surface area contributed by atoms with Crippen molar-refractivity contribution in [1.82, 2.24) is 4.90 Å². The Balaban J connectivity index is 1.71. The molecule has 0 saturated heterocycles. The zero-order valence-electron chi connectivity index (χ0n) is 11.2. The van der Waals surface area contributed by atoms with Crippen molar-refractivity contribution in [3.05, 3.63) is 0 Å². The predicted molar refractivity (Wildman–Crippen MR) is 68.1 cm³/mol. The third kappa shape index (κ3) is 5.17. The fourth-order valence-corrected chi connectivity index (χ4v) is 2.21. The molecular formula is C14H23NO3. The number of esters is 1. The number of ketones is 1. The molecule has 0 aromatic heterocycles. The summed E-state index contributed by atoms with van der Waals surface area (Å²) in [6.07, 6.45) is 5.13. The van der Waals surface area contributed by atoms with Gasteiger partial charge in [0.1, 0.15) is 6.42 Å². The fourth-order valence-electron chi connectivity index (χ4n) is 2.21. The van der Waals surface area contributed by atoms with Gasteiger partial charge in [-0.1, -0.05) is 0 Å². The molecule has 2 aliphatic carbocycles. The van der Waals surface area contributed by atoms with Gasteiger partial charge in [-0.05, 0) is 44.4 Å². The van der Waals surface area contributed by atoms with E-state index < -0.39 is 0 Å². The van der Waals surface area contributed by atoms with Crippen LogP contribution in [-0.4, -0.2) is 42.9 Å². The van der Waals surface area contributed by atoms with E-state index in [2.05, 4.69) is 4.90 Å². The lowest BCUT2D eigenvalue weighted by molar-refractivity contribution is -0.145. The molecule has 0 aromatic carbocycles. The lowest BCUT2D eigenvalue weighted by Crippen LogP contribution is -2.34. The van der Waals surface area contributed by atoms with E-state index in [1.54, 1.807) is 6.92 Å². The molecule has 0 N–H and O–H groups in total. The van der Waals surface area contributed by atoms with Crippen LogP contribution in [0.4, 0.5) is 0 Å². The van der Waals surface area contributed by atoms with Crippen molar-refractivity contribution in [2.75, 3.05) is 26.2 Å². The molecule has 0 bridgehead atoms. The Morgan fingerprint density at radius 2 is 1.67 bits per heavy atom. The second-order valence-electron chi connectivity index (χ2n) is 5.60. The molecule has 0 atom stereocenters. The number of hydrogen-bond acceptors (Lipinski definition) is 4. The number of rotatable bonds is 9. The number of carbonyl (C=O) groups excluding carboxylic acids is 2. The Hall–Kier alpha value is -0.900. The highest BCUT2D eigenvalue weighted by atomic mass is 16.5. The number of hydrogen-bond donors (Lipinski definition) is 0. The van der Waals surface area contributed by atoms with E-state index >= 15 is 0 Å². The molecule has 18 heavy (non-hydrogen) atoms. The van der Waals surface area contributed by atoms with Crippen LogP contribution in [0.15, 0.2) is 0 Å². The maximum atomic E-state index is 11.8. The monoisotopic (exact) mass is 253 g/mol. The van der Waals surface area contributed by atoms with Crippen molar-refractivity contribution >= 4 is 11.8 Å². The van der Waals surface area contributed by atoms with Crippen LogP contribution in [0.3, 0.4) is 0 Å². The average molecular weight is 253 g/mol. The van der Waals surface area contributed by atoms with Gasteiger partial charge in [-0.25, -0.2) is 0 Å². The largest absolute Gasteiger partial charge is 0.466 e. The fraction of sp³-hybridized carbons (Fsp3) is 0.857. The van der Waals surface area contributed by atoms with Crippen LogP contribution >= 0.6 is 0 Å². The number of ether oxygens (including phenoxy) is 1. The van der Waals surface area contributed by atoms with Crippen molar-refractivity contribution in [3.8, 4) is 0 Å². The summed E-state index contributed by atoms with van der Waals surface area (Å²) in [5, 5.41) is 0.